The number of fused-ring (bicyclic) bond motifs is 2. The maximum atomic E-state index is 12.9. The standard InChI is InChI=1S/C28H31N5O3/c1-27(2,36)16-33-23-10-6-5-9-21(23)22(32-33)11-24(34)29-18-14-28(15-18)12-17(13-28)25-19-7-3-4-8-20(19)26(35)31-30-25/h3-10,17-18,36H,11-16H2,1-2H3,(H,29,34)(H,31,35). The van der Waals surface area contributed by atoms with E-state index in [1.54, 1.807) is 18.5 Å². The van der Waals surface area contributed by atoms with E-state index in [9.17, 15) is 14.7 Å². The molecule has 2 aromatic heterocycles. The molecule has 8 nitrogen and oxygen atoms in total. The second-order valence-electron chi connectivity index (χ2n) is 11.4. The molecule has 0 aliphatic heterocycles. The van der Waals surface area contributed by atoms with Gasteiger partial charge in [0.25, 0.3) is 5.56 Å². The summed E-state index contributed by atoms with van der Waals surface area (Å²) in [4.78, 5) is 25.0. The molecule has 2 fully saturated rings. The van der Waals surface area contributed by atoms with Crippen LogP contribution in [0.25, 0.3) is 21.7 Å². The predicted octanol–water partition coefficient (Wildman–Crippen LogP) is 3.43. The molecule has 0 saturated heterocycles. The Morgan fingerprint density at radius 3 is 2.47 bits per heavy atom. The first kappa shape index (κ1) is 22.9. The Morgan fingerprint density at radius 1 is 1.08 bits per heavy atom. The molecule has 2 heterocycles. The second kappa shape index (κ2) is 8.27. The molecule has 1 amide bonds. The zero-order valence-electron chi connectivity index (χ0n) is 20.6. The lowest BCUT2D eigenvalue weighted by atomic mass is 9.49. The molecule has 2 saturated carbocycles. The predicted molar refractivity (Wildman–Crippen MR) is 138 cm³/mol. The zero-order chi connectivity index (χ0) is 25.1. The highest BCUT2D eigenvalue weighted by Crippen LogP contribution is 2.62. The highest BCUT2D eigenvalue weighted by molar-refractivity contribution is 5.88. The SMILES string of the molecule is CC(C)(O)Cn1nc(CC(=O)NC2CC3(C2)CC(c2n[nH]c(=O)c4ccccc24)C3)c2ccccc21. The molecule has 4 aromatic rings. The number of nitrogens with one attached hydrogen (secondary N) is 2. The van der Waals surface area contributed by atoms with Gasteiger partial charge in [-0.25, -0.2) is 5.10 Å². The number of H-pyrrole nitrogens is 1. The molecule has 2 aliphatic carbocycles. The van der Waals surface area contributed by atoms with Crippen LogP contribution in [0.5, 0.6) is 0 Å². The van der Waals surface area contributed by atoms with Crippen LogP contribution in [0.4, 0.5) is 0 Å². The van der Waals surface area contributed by atoms with Crippen molar-refractivity contribution in [3.05, 3.63) is 70.3 Å². The molecule has 0 radical (unpaired) electrons. The maximum Gasteiger partial charge on any atom is 0.272 e. The van der Waals surface area contributed by atoms with E-state index < -0.39 is 5.60 Å². The topological polar surface area (TPSA) is 113 Å². The van der Waals surface area contributed by atoms with Gasteiger partial charge in [-0.3, -0.25) is 14.3 Å². The lowest BCUT2D eigenvalue weighted by Crippen LogP contribution is -2.56. The number of carbonyl (C=O) groups excluding carboxylic acids is 1. The minimum absolute atomic E-state index is 0.0160. The molecule has 0 atom stereocenters. The van der Waals surface area contributed by atoms with E-state index in [0.29, 0.717) is 17.8 Å². The van der Waals surface area contributed by atoms with E-state index in [2.05, 4.69) is 20.6 Å². The van der Waals surface area contributed by atoms with E-state index in [-0.39, 0.29) is 29.3 Å². The van der Waals surface area contributed by atoms with Crippen molar-refractivity contribution < 1.29 is 9.90 Å². The summed E-state index contributed by atoms with van der Waals surface area (Å²) in [6, 6.07) is 15.7. The number of carbonyl (C=O) groups is 1. The highest BCUT2D eigenvalue weighted by Gasteiger charge is 2.54. The van der Waals surface area contributed by atoms with Crippen molar-refractivity contribution in [2.24, 2.45) is 5.41 Å². The van der Waals surface area contributed by atoms with Crippen LogP contribution in [-0.4, -0.2) is 42.6 Å². The van der Waals surface area contributed by atoms with E-state index in [4.69, 9.17) is 0 Å². The van der Waals surface area contributed by atoms with Crippen LogP contribution in [-0.2, 0) is 17.8 Å². The average molecular weight is 486 g/mol. The van der Waals surface area contributed by atoms with E-state index >= 15 is 0 Å². The van der Waals surface area contributed by atoms with Gasteiger partial charge in [0.2, 0.25) is 5.91 Å². The Kier molecular flexibility index (Phi) is 5.26. The molecule has 0 unspecified atom stereocenters. The first-order valence-electron chi connectivity index (χ1n) is 12.6. The Bertz CT molecular complexity index is 1520. The van der Waals surface area contributed by atoms with E-state index in [0.717, 1.165) is 53.4 Å². The number of amides is 1. The molecule has 36 heavy (non-hydrogen) atoms. The minimum Gasteiger partial charge on any atom is -0.389 e. The normalized spacial score (nSPS) is 23.5. The summed E-state index contributed by atoms with van der Waals surface area (Å²) in [5, 5.41) is 27.7. The second-order valence-corrected chi connectivity index (χ2v) is 11.4. The summed E-state index contributed by atoms with van der Waals surface area (Å²) in [5.41, 5.74) is 1.87. The number of hydrogen-bond donors (Lipinski definition) is 3. The number of aliphatic hydroxyl groups is 1. The van der Waals surface area contributed by atoms with Crippen LogP contribution in [0.1, 0.15) is 56.8 Å². The van der Waals surface area contributed by atoms with Gasteiger partial charge in [-0.1, -0.05) is 36.4 Å². The molecule has 186 valence electrons. The summed E-state index contributed by atoms with van der Waals surface area (Å²) in [7, 11) is 0. The quantitative estimate of drug-likeness (QED) is 0.387. The van der Waals surface area contributed by atoms with Gasteiger partial charge in [0, 0.05) is 22.7 Å². The number of para-hydroxylation sites is 1. The van der Waals surface area contributed by atoms with Gasteiger partial charge in [0.15, 0.2) is 0 Å². The zero-order valence-corrected chi connectivity index (χ0v) is 20.6. The van der Waals surface area contributed by atoms with Crippen LogP contribution in [0.2, 0.25) is 0 Å². The van der Waals surface area contributed by atoms with Crippen LogP contribution in [0.3, 0.4) is 0 Å². The first-order chi connectivity index (χ1) is 17.2. The van der Waals surface area contributed by atoms with Crippen molar-refractivity contribution in [3.63, 3.8) is 0 Å². The van der Waals surface area contributed by atoms with Crippen LogP contribution >= 0.6 is 0 Å². The van der Waals surface area contributed by atoms with Gasteiger partial charge >= 0.3 is 0 Å². The van der Waals surface area contributed by atoms with Gasteiger partial charge in [-0.05, 0) is 57.1 Å². The number of benzene rings is 2. The van der Waals surface area contributed by atoms with E-state index in [1.807, 2.05) is 48.5 Å². The maximum absolute atomic E-state index is 12.9. The summed E-state index contributed by atoms with van der Waals surface area (Å²) in [5.74, 6) is 0.326. The average Bonchev–Trinajstić information content (AvgIpc) is 3.11. The van der Waals surface area contributed by atoms with Gasteiger partial charge in [-0.15, -0.1) is 0 Å². The van der Waals surface area contributed by atoms with Crippen molar-refractivity contribution in [2.45, 2.75) is 70.1 Å². The minimum atomic E-state index is -0.897. The van der Waals surface area contributed by atoms with Crippen molar-refractivity contribution in [1.82, 2.24) is 25.3 Å². The molecular formula is C28H31N5O3. The molecule has 6 rings (SSSR count). The third-order valence-corrected chi connectivity index (χ3v) is 7.79. The van der Waals surface area contributed by atoms with Gasteiger partial charge < -0.3 is 10.4 Å². The fourth-order valence-corrected chi connectivity index (χ4v) is 6.29. The van der Waals surface area contributed by atoms with Crippen LogP contribution in [0, 0.1) is 5.41 Å². The van der Waals surface area contributed by atoms with Crippen molar-refractivity contribution >= 4 is 27.6 Å². The van der Waals surface area contributed by atoms with Crippen molar-refractivity contribution in [1.29, 1.82) is 0 Å². The lowest BCUT2D eigenvalue weighted by Gasteiger charge is -2.57. The fraction of sp³-hybridized carbons (Fsp3) is 0.429. The smallest absolute Gasteiger partial charge is 0.272 e. The summed E-state index contributed by atoms with van der Waals surface area (Å²) in [6.45, 7) is 3.87. The molecule has 0 bridgehead atoms. The molecule has 2 aliphatic rings. The molecule has 2 aromatic carbocycles. The molecule has 3 N–H and O–H groups in total. The number of nitrogens with zero attached hydrogens (tertiary/aromatic N) is 3. The van der Waals surface area contributed by atoms with Crippen LogP contribution < -0.4 is 10.9 Å². The summed E-state index contributed by atoms with van der Waals surface area (Å²) < 4.78 is 1.79. The van der Waals surface area contributed by atoms with Gasteiger partial charge in [0.1, 0.15) is 0 Å². The molecule has 8 heteroatoms. The largest absolute Gasteiger partial charge is 0.389 e. The summed E-state index contributed by atoms with van der Waals surface area (Å²) >= 11 is 0. The van der Waals surface area contributed by atoms with Crippen molar-refractivity contribution in [3.8, 4) is 0 Å². The lowest BCUT2D eigenvalue weighted by molar-refractivity contribution is -0.124. The highest BCUT2D eigenvalue weighted by atomic mass is 16.3. The Morgan fingerprint density at radius 2 is 1.75 bits per heavy atom. The molecule has 1 spiro atoms. The summed E-state index contributed by atoms with van der Waals surface area (Å²) in [6.07, 6.45) is 4.25. The number of aromatic amines is 1. The van der Waals surface area contributed by atoms with Crippen LogP contribution in [0.15, 0.2) is 53.3 Å². The number of hydrogen-bond acceptors (Lipinski definition) is 5. The fourth-order valence-electron chi connectivity index (χ4n) is 6.29. The van der Waals surface area contributed by atoms with Crippen molar-refractivity contribution in [2.75, 3.05) is 0 Å². The number of rotatable bonds is 6. The Labute approximate surface area is 208 Å². The number of aromatic nitrogens is 4. The molecular weight excluding hydrogens is 454 g/mol. The monoisotopic (exact) mass is 485 g/mol. The first-order valence-corrected chi connectivity index (χ1v) is 12.6. The third-order valence-electron chi connectivity index (χ3n) is 7.79. The Balaban J connectivity index is 1.07. The van der Waals surface area contributed by atoms with Gasteiger partial charge in [-0.2, -0.15) is 10.2 Å². The van der Waals surface area contributed by atoms with E-state index in [1.165, 1.54) is 0 Å². The third kappa shape index (κ3) is 4.09. The Hall–Kier alpha value is -3.52. The van der Waals surface area contributed by atoms with Gasteiger partial charge in [0.05, 0.1) is 40.9 Å².